The Bertz CT molecular complexity index is 471. The predicted molar refractivity (Wildman–Crippen MR) is 69.6 cm³/mol. The zero-order valence-corrected chi connectivity index (χ0v) is 11.3. The van der Waals surface area contributed by atoms with Crippen molar-refractivity contribution >= 4 is 28.8 Å². The molecule has 1 aromatic rings. The van der Waals surface area contributed by atoms with E-state index in [4.69, 9.17) is 11.6 Å². The molecule has 3 rings (SSSR count). The van der Waals surface area contributed by atoms with Gasteiger partial charge in [0.2, 0.25) is 0 Å². The Morgan fingerprint density at radius 2 is 2.29 bits per heavy atom. The number of thiophene rings is 1. The molecule has 3 heterocycles. The first-order chi connectivity index (χ1) is 8.16. The summed E-state index contributed by atoms with van der Waals surface area (Å²) in [5, 5.41) is 3.13. The molecule has 0 radical (unpaired) electrons. The van der Waals surface area contributed by atoms with Gasteiger partial charge in [0.1, 0.15) is 0 Å². The summed E-state index contributed by atoms with van der Waals surface area (Å²) in [5.41, 5.74) is 1.75. The number of rotatable bonds is 0. The lowest BCUT2D eigenvalue weighted by Gasteiger charge is -2.33. The minimum atomic E-state index is 0.0510. The van der Waals surface area contributed by atoms with E-state index in [1.54, 1.807) is 11.3 Å². The molecular weight excluding hydrogens is 256 g/mol. The van der Waals surface area contributed by atoms with E-state index >= 15 is 0 Å². The number of carbonyl (C=O) groups excluding carboxylic acids is 1. The molecule has 2 aliphatic heterocycles. The SMILES string of the molecule is Cc1c(Cl)sc2c1C(=O)NC1CCCCN1C2. The highest BCUT2D eigenvalue weighted by Gasteiger charge is 2.32. The van der Waals surface area contributed by atoms with Gasteiger partial charge < -0.3 is 5.32 Å². The van der Waals surface area contributed by atoms with Gasteiger partial charge in [0.05, 0.1) is 16.1 Å². The van der Waals surface area contributed by atoms with Gasteiger partial charge in [0.25, 0.3) is 5.91 Å². The van der Waals surface area contributed by atoms with Crippen LogP contribution in [-0.4, -0.2) is 23.5 Å². The third-order valence-corrected chi connectivity index (χ3v) is 5.23. The Labute approximate surface area is 110 Å². The van der Waals surface area contributed by atoms with E-state index in [1.165, 1.54) is 12.8 Å². The number of amides is 1. The maximum atomic E-state index is 12.2. The van der Waals surface area contributed by atoms with Gasteiger partial charge in [-0.05, 0) is 31.7 Å². The molecule has 0 saturated carbocycles. The molecule has 1 fully saturated rings. The maximum absolute atomic E-state index is 12.2. The van der Waals surface area contributed by atoms with Crippen molar-refractivity contribution in [2.24, 2.45) is 0 Å². The average molecular weight is 271 g/mol. The minimum Gasteiger partial charge on any atom is -0.336 e. The summed E-state index contributed by atoms with van der Waals surface area (Å²) in [6.45, 7) is 3.86. The third kappa shape index (κ3) is 1.88. The molecule has 1 amide bonds. The van der Waals surface area contributed by atoms with Gasteiger partial charge in [-0.25, -0.2) is 0 Å². The van der Waals surface area contributed by atoms with Crippen molar-refractivity contribution in [1.29, 1.82) is 0 Å². The first-order valence-electron chi connectivity index (χ1n) is 5.99. The van der Waals surface area contributed by atoms with Gasteiger partial charge in [0, 0.05) is 18.0 Å². The average Bonchev–Trinajstić information content (AvgIpc) is 2.50. The Morgan fingerprint density at radius 1 is 1.47 bits per heavy atom. The molecule has 3 nitrogen and oxygen atoms in total. The molecule has 1 saturated heterocycles. The Hall–Kier alpha value is -0.580. The van der Waals surface area contributed by atoms with Gasteiger partial charge >= 0.3 is 0 Å². The quantitative estimate of drug-likeness (QED) is 0.786. The van der Waals surface area contributed by atoms with E-state index in [-0.39, 0.29) is 12.1 Å². The summed E-state index contributed by atoms with van der Waals surface area (Å²) in [4.78, 5) is 15.7. The highest BCUT2D eigenvalue weighted by molar-refractivity contribution is 7.16. The van der Waals surface area contributed by atoms with Crippen molar-refractivity contribution in [3.8, 4) is 0 Å². The molecule has 0 aliphatic carbocycles. The molecule has 1 N–H and O–H groups in total. The van der Waals surface area contributed by atoms with E-state index in [1.807, 2.05) is 6.92 Å². The summed E-state index contributed by atoms with van der Waals surface area (Å²) in [7, 11) is 0. The van der Waals surface area contributed by atoms with Crippen LogP contribution in [0.4, 0.5) is 0 Å². The zero-order chi connectivity index (χ0) is 12.0. The summed E-state index contributed by atoms with van der Waals surface area (Å²) in [6.07, 6.45) is 3.70. The molecule has 0 aromatic carbocycles. The highest BCUT2D eigenvalue weighted by Crippen LogP contribution is 2.35. The number of nitrogens with zero attached hydrogens (tertiary/aromatic N) is 1. The summed E-state index contributed by atoms with van der Waals surface area (Å²) in [5.74, 6) is 0.0510. The molecule has 0 spiro atoms. The third-order valence-electron chi connectivity index (χ3n) is 3.65. The second kappa shape index (κ2) is 4.26. The number of piperidine rings is 1. The van der Waals surface area contributed by atoms with Crippen molar-refractivity contribution in [1.82, 2.24) is 10.2 Å². The fourth-order valence-corrected chi connectivity index (χ4v) is 4.13. The fraction of sp³-hybridized carbons (Fsp3) is 0.583. The molecule has 0 bridgehead atoms. The van der Waals surface area contributed by atoms with Crippen molar-refractivity contribution in [3.05, 3.63) is 20.3 Å². The number of nitrogens with one attached hydrogen (secondary N) is 1. The molecule has 2 aliphatic rings. The van der Waals surface area contributed by atoms with Crippen LogP contribution in [0, 0.1) is 6.92 Å². The standard InChI is InChI=1S/C12H15ClN2OS/c1-7-10-8(17-11(7)13)6-15-5-3-2-4-9(15)14-12(10)16/h9H,2-6H2,1H3,(H,14,16). The van der Waals surface area contributed by atoms with Crippen LogP contribution in [0.5, 0.6) is 0 Å². The minimum absolute atomic E-state index is 0.0510. The van der Waals surface area contributed by atoms with E-state index < -0.39 is 0 Å². The lowest BCUT2D eigenvalue weighted by atomic mass is 10.1. The molecule has 92 valence electrons. The van der Waals surface area contributed by atoms with Gasteiger partial charge in [-0.1, -0.05) is 11.6 Å². The second-order valence-electron chi connectivity index (χ2n) is 4.75. The lowest BCUT2D eigenvalue weighted by molar-refractivity contribution is 0.0796. The summed E-state index contributed by atoms with van der Waals surface area (Å²) >= 11 is 7.69. The van der Waals surface area contributed by atoms with E-state index in [0.717, 1.165) is 39.9 Å². The van der Waals surface area contributed by atoms with Crippen molar-refractivity contribution < 1.29 is 4.79 Å². The molecule has 5 heteroatoms. The predicted octanol–water partition coefficient (Wildman–Crippen LogP) is 2.77. The van der Waals surface area contributed by atoms with Crippen LogP contribution < -0.4 is 5.32 Å². The lowest BCUT2D eigenvalue weighted by Crippen LogP contribution is -2.48. The number of halogens is 1. The first-order valence-corrected chi connectivity index (χ1v) is 7.19. The molecule has 17 heavy (non-hydrogen) atoms. The largest absolute Gasteiger partial charge is 0.336 e. The fourth-order valence-electron chi connectivity index (χ4n) is 2.70. The molecular formula is C12H15ClN2OS. The van der Waals surface area contributed by atoms with Crippen molar-refractivity contribution in [3.63, 3.8) is 0 Å². The Morgan fingerprint density at radius 3 is 3.12 bits per heavy atom. The van der Waals surface area contributed by atoms with E-state index in [2.05, 4.69) is 10.2 Å². The Kier molecular flexibility index (Phi) is 2.89. The smallest absolute Gasteiger partial charge is 0.254 e. The monoisotopic (exact) mass is 270 g/mol. The number of hydrogen-bond acceptors (Lipinski definition) is 3. The molecule has 1 atom stereocenters. The molecule has 1 aromatic heterocycles. The number of hydrogen-bond donors (Lipinski definition) is 1. The highest BCUT2D eigenvalue weighted by atomic mass is 35.5. The van der Waals surface area contributed by atoms with Crippen LogP contribution >= 0.6 is 22.9 Å². The zero-order valence-electron chi connectivity index (χ0n) is 9.75. The number of carbonyl (C=O) groups is 1. The normalized spacial score (nSPS) is 24.8. The number of fused-ring (bicyclic) bond motifs is 2. The van der Waals surface area contributed by atoms with Crippen molar-refractivity contribution in [2.75, 3.05) is 6.54 Å². The van der Waals surface area contributed by atoms with E-state index in [0.29, 0.717) is 0 Å². The Balaban J connectivity index is 2.01. The van der Waals surface area contributed by atoms with Crippen LogP contribution in [0.2, 0.25) is 4.34 Å². The van der Waals surface area contributed by atoms with Gasteiger partial charge in [-0.2, -0.15) is 0 Å². The first kappa shape index (κ1) is 11.5. The van der Waals surface area contributed by atoms with E-state index in [9.17, 15) is 4.79 Å². The topological polar surface area (TPSA) is 32.3 Å². The second-order valence-corrected chi connectivity index (χ2v) is 6.46. The van der Waals surface area contributed by atoms with Crippen LogP contribution in [0.1, 0.15) is 40.1 Å². The summed E-state index contributed by atoms with van der Waals surface area (Å²) in [6, 6.07) is 0. The van der Waals surface area contributed by atoms with Gasteiger partial charge in [-0.3, -0.25) is 9.69 Å². The molecule has 1 unspecified atom stereocenters. The van der Waals surface area contributed by atoms with Crippen LogP contribution in [0.15, 0.2) is 0 Å². The van der Waals surface area contributed by atoms with Gasteiger partial charge in [0.15, 0.2) is 0 Å². The van der Waals surface area contributed by atoms with Gasteiger partial charge in [-0.15, -0.1) is 11.3 Å². The van der Waals surface area contributed by atoms with Crippen LogP contribution in [-0.2, 0) is 6.54 Å². The van der Waals surface area contributed by atoms with Crippen molar-refractivity contribution in [2.45, 2.75) is 38.9 Å². The van der Waals surface area contributed by atoms with Crippen LogP contribution in [0.3, 0.4) is 0 Å². The maximum Gasteiger partial charge on any atom is 0.254 e. The summed E-state index contributed by atoms with van der Waals surface area (Å²) < 4.78 is 0.751. The van der Waals surface area contributed by atoms with Crippen LogP contribution in [0.25, 0.3) is 0 Å².